The summed E-state index contributed by atoms with van der Waals surface area (Å²) in [6, 6.07) is 6.17. The molecule has 84 valence electrons. The van der Waals surface area contributed by atoms with Crippen molar-refractivity contribution in [1.29, 1.82) is 5.26 Å². The van der Waals surface area contributed by atoms with E-state index in [-0.39, 0.29) is 0 Å². The molecule has 1 aliphatic carbocycles. The van der Waals surface area contributed by atoms with Crippen LogP contribution in [0.3, 0.4) is 0 Å². The van der Waals surface area contributed by atoms with Crippen molar-refractivity contribution in [3.63, 3.8) is 0 Å². The molecule has 1 atom stereocenters. The summed E-state index contributed by atoms with van der Waals surface area (Å²) in [5, 5.41) is 12.3. The number of nitrogens with one attached hydrogen (secondary N) is 1. The average molecular weight is 215 g/mol. The van der Waals surface area contributed by atoms with E-state index in [2.05, 4.69) is 23.3 Å². The van der Waals surface area contributed by atoms with Crippen molar-refractivity contribution >= 4 is 5.82 Å². The van der Waals surface area contributed by atoms with Gasteiger partial charge in [0.2, 0.25) is 0 Å². The number of pyridine rings is 1. The van der Waals surface area contributed by atoms with E-state index in [1.54, 1.807) is 18.3 Å². The monoisotopic (exact) mass is 215 g/mol. The number of aromatic nitrogens is 1. The molecule has 16 heavy (non-hydrogen) atoms. The topological polar surface area (TPSA) is 48.7 Å². The molecule has 0 amide bonds. The van der Waals surface area contributed by atoms with Crippen molar-refractivity contribution in [2.75, 3.05) is 5.32 Å². The summed E-state index contributed by atoms with van der Waals surface area (Å²) in [4.78, 5) is 4.23. The van der Waals surface area contributed by atoms with Gasteiger partial charge in [0.15, 0.2) is 0 Å². The highest BCUT2D eigenvalue weighted by atomic mass is 15.0. The molecule has 0 aliphatic heterocycles. The Bertz CT molecular complexity index is 388. The van der Waals surface area contributed by atoms with Crippen LogP contribution in [-0.2, 0) is 0 Å². The first kappa shape index (κ1) is 10.9. The second kappa shape index (κ2) is 4.98. The molecule has 1 heterocycles. The second-order valence-corrected chi connectivity index (χ2v) is 4.49. The Morgan fingerprint density at radius 3 is 2.94 bits per heavy atom. The zero-order chi connectivity index (χ0) is 11.4. The lowest BCUT2D eigenvalue weighted by Gasteiger charge is -2.21. The highest BCUT2D eigenvalue weighted by Crippen LogP contribution is 2.29. The van der Waals surface area contributed by atoms with Gasteiger partial charge in [-0.05, 0) is 37.8 Å². The molecule has 1 aromatic heterocycles. The van der Waals surface area contributed by atoms with Gasteiger partial charge in [-0.15, -0.1) is 0 Å². The minimum absolute atomic E-state index is 0.407. The van der Waals surface area contributed by atoms with Crippen molar-refractivity contribution in [1.82, 2.24) is 4.98 Å². The van der Waals surface area contributed by atoms with Crippen LogP contribution in [0.5, 0.6) is 0 Å². The van der Waals surface area contributed by atoms with Crippen LogP contribution < -0.4 is 5.32 Å². The third-order valence-corrected chi connectivity index (χ3v) is 3.40. The molecule has 1 N–H and O–H groups in total. The summed E-state index contributed by atoms with van der Waals surface area (Å²) in [6.45, 7) is 2.19. The summed E-state index contributed by atoms with van der Waals surface area (Å²) in [5.74, 6) is 1.46. The van der Waals surface area contributed by atoms with E-state index in [0.717, 1.165) is 11.7 Å². The molecule has 0 aromatic carbocycles. The van der Waals surface area contributed by atoms with E-state index in [0.29, 0.717) is 11.6 Å². The molecule has 1 aliphatic rings. The Balaban J connectivity index is 2.05. The molecule has 0 bridgehead atoms. The molecule has 2 rings (SSSR count). The van der Waals surface area contributed by atoms with E-state index in [1.807, 2.05) is 0 Å². The van der Waals surface area contributed by atoms with Gasteiger partial charge >= 0.3 is 0 Å². The van der Waals surface area contributed by atoms with Crippen molar-refractivity contribution in [2.45, 2.75) is 38.6 Å². The van der Waals surface area contributed by atoms with Crippen molar-refractivity contribution < 1.29 is 0 Å². The lowest BCUT2D eigenvalue weighted by Crippen LogP contribution is -2.24. The number of hydrogen-bond donors (Lipinski definition) is 1. The van der Waals surface area contributed by atoms with Crippen LogP contribution in [0.1, 0.15) is 38.2 Å². The van der Waals surface area contributed by atoms with Gasteiger partial charge in [-0.1, -0.05) is 12.8 Å². The van der Waals surface area contributed by atoms with Crippen molar-refractivity contribution in [3.8, 4) is 6.07 Å². The molecule has 0 saturated heterocycles. The van der Waals surface area contributed by atoms with Gasteiger partial charge in [0.25, 0.3) is 0 Å². The lowest BCUT2D eigenvalue weighted by atomic mass is 10.00. The number of nitriles is 1. The third kappa shape index (κ3) is 2.33. The van der Waals surface area contributed by atoms with Crippen LogP contribution in [0.4, 0.5) is 5.82 Å². The molecule has 1 aromatic rings. The smallest absolute Gasteiger partial charge is 0.144 e. The molecular formula is C13H17N3. The zero-order valence-electron chi connectivity index (χ0n) is 9.61. The largest absolute Gasteiger partial charge is 0.366 e. The summed E-state index contributed by atoms with van der Waals surface area (Å²) >= 11 is 0. The quantitative estimate of drug-likeness (QED) is 0.843. The summed E-state index contributed by atoms with van der Waals surface area (Å²) in [5.41, 5.74) is 0.632. The van der Waals surface area contributed by atoms with E-state index in [9.17, 15) is 0 Å². The van der Waals surface area contributed by atoms with E-state index in [1.165, 1.54) is 25.7 Å². The number of nitrogens with zero attached hydrogens (tertiary/aromatic N) is 2. The van der Waals surface area contributed by atoms with E-state index in [4.69, 9.17) is 5.26 Å². The normalized spacial score (nSPS) is 18.0. The molecule has 1 unspecified atom stereocenters. The fourth-order valence-electron chi connectivity index (χ4n) is 2.40. The van der Waals surface area contributed by atoms with Gasteiger partial charge in [-0.2, -0.15) is 5.26 Å². The summed E-state index contributed by atoms with van der Waals surface area (Å²) < 4.78 is 0. The summed E-state index contributed by atoms with van der Waals surface area (Å²) in [6.07, 6.45) is 6.99. The molecule has 3 heteroatoms. The van der Waals surface area contributed by atoms with Gasteiger partial charge in [0.05, 0.1) is 5.56 Å². The highest BCUT2D eigenvalue weighted by molar-refractivity contribution is 5.51. The predicted molar refractivity (Wildman–Crippen MR) is 64.0 cm³/mol. The minimum atomic E-state index is 0.407. The van der Waals surface area contributed by atoms with Crippen LogP contribution in [0.25, 0.3) is 0 Å². The Kier molecular flexibility index (Phi) is 3.40. The molecule has 0 radical (unpaired) electrons. The Morgan fingerprint density at radius 2 is 2.25 bits per heavy atom. The maximum atomic E-state index is 8.97. The maximum absolute atomic E-state index is 8.97. The van der Waals surface area contributed by atoms with Gasteiger partial charge in [0, 0.05) is 12.2 Å². The van der Waals surface area contributed by atoms with Crippen molar-refractivity contribution in [2.24, 2.45) is 5.92 Å². The highest BCUT2D eigenvalue weighted by Gasteiger charge is 2.22. The van der Waals surface area contributed by atoms with Gasteiger partial charge in [-0.3, -0.25) is 0 Å². The first-order valence-electron chi connectivity index (χ1n) is 5.93. The maximum Gasteiger partial charge on any atom is 0.144 e. The number of anilines is 1. The number of hydrogen-bond acceptors (Lipinski definition) is 3. The molecule has 3 nitrogen and oxygen atoms in total. The molecule has 0 spiro atoms. The predicted octanol–water partition coefficient (Wildman–Crippen LogP) is 2.94. The first-order chi connectivity index (χ1) is 7.81. The minimum Gasteiger partial charge on any atom is -0.366 e. The Hall–Kier alpha value is -1.56. The molecule has 1 fully saturated rings. The fraction of sp³-hybridized carbons (Fsp3) is 0.538. The average Bonchev–Trinajstić information content (AvgIpc) is 2.83. The van der Waals surface area contributed by atoms with Gasteiger partial charge < -0.3 is 5.32 Å². The Morgan fingerprint density at radius 1 is 1.50 bits per heavy atom. The van der Waals surface area contributed by atoms with Crippen LogP contribution in [0.2, 0.25) is 0 Å². The van der Waals surface area contributed by atoms with Crippen molar-refractivity contribution in [3.05, 3.63) is 23.9 Å². The molecular weight excluding hydrogens is 198 g/mol. The SMILES string of the molecule is CC(Nc1ncccc1C#N)C1CCCC1. The third-order valence-electron chi connectivity index (χ3n) is 3.40. The van der Waals surface area contributed by atoms with Crippen LogP contribution in [-0.4, -0.2) is 11.0 Å². The summed E-state index contributed by atoms with van der Waals surface area (Å²) in [7, 11) is 0. The lowest BCUT2D eigenvalue weighted by molar-refractivity contribution is 0.481. The van der Waals surface area contributed by atoms with E-state index >= 15 is 0 Å². The van der Waals surface area contributed by atoms with Crippen LogP contribution in [0, 0.1) is 17.2 Å². The Labute approximate surface area is 96.5 Å². The first-order valence-corrected chi connectivity index (χ1v) is 5.93. The van der Waals surface area contributed by atoms with Crippen LogP contribution >= 0.6 is 0 Å². The van der Waals surface area contributed by atoms with Gasteiger partial charge in [-0.25, -0.2) is 4.98 Å². The second-order valence-electron chi connectivity index (χ2n) is 4.49. The molecule has 1 saturated carbocycles. The standard InChI is InChI=1S/C13H17N3/c1-10(11-5-2-3-6-11)16-13-12(9-14)7-4-8-15-13/h4,7-8,10-11H,2-3,5-6H2,1H3,(H,15,16). The zero-order valence-corrected chi connectivity index (χ0v) is 9.61. The fourth-order valence-corrected chi connectivity index (χ4v) is 2.40. The van der Waals surface area contributed by atoms with E-state index < -0.39 is 0 Å². The van der Waals surface area contributed by atoms with Crippen LogP contribution in [0.15, 0.2) is 18.3 Å². The van der Waals surface area contributed by atoms with Gasteiger partial charge in [0.1, 0.15) is 11.9 Å². The number of rotatable bonds is 3.